The summed E-state index contributed by atoms with van der Waals surface area (Å²) in [5, 5.41) is 0.402. The second-order valence-electron chi connectivity index (χ2n) is 4.40. The molecule has 0 amide bonds. The van der Waals surface area contributed by atoms with E-state index in [9.17, 15) is 0 Å². The van der Waals surface area contributed by atoms with Crippen LogP contribution in [0, 0.1) is 0 Å². The van der Waals surface area contributed by atoms with E-state index < -0.39 is 0 Å². The molecule has 2 heterocycles. The van der Waals surface area contributed by atoms with Crippen molar-refractivity contribution >= 4 is 23.4 Å². The van der Waals surface area contributed by atoms with Crippen molar-refractivity contribution in [2.75, 3.05) is 37.3 Å². The summed E-state index contributed by atoms with van der Waals surface area (Å²) in [6, 6.07) is 2.33. The van der Waals surface area contributed by atoms with E-state index in [4.69, 9.17) is 17.3 Å². The van der Waals surface area contributed by atoms with Crippen LogP contribution in [-0.2, 0) is 0 Å². The summed E-state index contributed by atoms with van der Waals surface area (Å²) in [7, 11) is 2.16. The fourth-order valence-corrected chi connectivity index (χ4v) is 2.36. The Balaban J connectivity index is 2.17. The Labute approximate surface area is 107 Å². The molecule has 2 N–H and O–H groups in total. The third-order valence-corrected chi connectivity index (χ3v) is 3.46. The van der Waals surface area contributed by atoms with Crippen LogP contribution in [0.15, 0.2) is 6.07 Å². The minimum Gasteiger partial charge on any atom is -0.368 e. The van der Waals surface area contributed by atoms with Gasteiger partial charge in [0.2, 0.25) is 5.95 Å². The van der Waals surface area contributed by atoms with E-state index in [1.807, 2.05) is 0 Å². The highest BCUT2D eigenvalue weighted by Gasteiger charge is 2.24. The van der Waals surface area contributed by atoms with E-state index in [1.54, 1.807) is 6.07 Å². The zero-order chi connectivity index (χ0) is 12.4. The standard InChI is InChI=1S/C11H18ClN5/c1-3-8-7-17(5-4-16(8)2)10-6-9(12)14-11(13)15-10/h6,8H,3-5,7H2,1-2H3,(H2,13,14,15). The van der Waals surface area contributed by atoms with E-state index >= 15 is 0 Å². The van der Waals surface area contributed by atoms with Gasteiger partial charge in [0.05, 0.1) is 0 Å². The number of nitrogens with two attached hydrogens (primary N) is 1. The smallest absolute Gasteiger partial charge is 0.223 e. The van der Waals surface area contributed by atoms with Crippen molar-refractivity contribution in [2.24, 2.45) is 0 Å². The molecule has 0 spiro atoms. The maximum absolute atomic E-state index is 5.90. The van der Waals surface area contributed by atoms with E-state index in [2.05, 4.69) is 33.7 Å². The van der Waals surface area contributed by atoms with Gasteiger partial charge in [0.1, 0.15) is 11.0 Å². The van der Waals surface area contributed by atoms with Gasteiger partial charge in [0.25, 0.3) is 0 Å². The SMILES string of the molecule is CCC1CN(c2cc(Cl)nc(N)n2)CCN1C. The van der Waals surface area contributed by atoms with E-state index in [1.165, 1.54) is 0 Å². The topological polar surface area (TPSA) is 58.3 Å². The molecule has 5 nitrogen and oxygen atoms in total. The Hall–Kier alpha value is -1.07. The fourth-order valence-electron chi connectivity index (χ4n) is 2.18. The zero-order valence-corrected chi connectivity index (χ0v) is 11.0. The van der Waals surface area contributed by atoms with Gasteiger partial charge in [-0.25, -0.2) is 4.98 Å². The van der Waals surface area contributed by atoms with Crippen LogP contribution in [0.2, 0.25) is 5.15 Å². The van der Waals surface area contributed by atoms with Crippen molar-refractivity contribution in [1.29, 1.82) is 0 Å². The minimum absolute atomic E-state index is 0.236. The van der Waals surface area contributed by atoms with Crippen LogP contribution in [0.25, 0.3) is 0 Å². The molecule has 94 valence electrons. The molecule has 0 aliphatic carbocycles. The van der Waals surface area contributed by atoms with E-state index in [-0.39, 0.29) is 5.95 Å². The second-order valence-corrected chi connectivity index (χ2v) is 4.78. The molecular weight excluding hydrogens is 238 g/mol. The van der Waals surface area contributed by atoms with E-state index in [0.29, 0.717) is 11.2 Å². The quantitative estimate of drug-likeness (QED) is 0.806. The number of hydrogen-bond acceptors (Lipinski definition) is 5. The monoisotopic (exact) mass is 255 g/mol. The first-order valence-corrected chi connectivity index (χ1v) is 6.23. The summed E-state index contributed by atoms with van der Waals surface area (Å²) in [5.41, 5.74) is 5.62. The lowest BCUT2D eigenvalue weighted by molar-refractivity contribution is 0.213. The van der Waals surface area contributed by atoms with Gasteiger partial charge >= 0.3 is 0 Å². The highest BCUT2D eigenvalue weighted by Crippen LogP contribution is 2.20. The Morgan fingerprint density at radius 2 is 2.24 bits per heavy atom. The van der Waals surface area contributed by atoms with Gasteiger partial charge in [-0.15, -0.1) is 0 Å². The van der Waals surface area contributed by atoms with Gasteiger partial charge < -0.3 is 10.6 Å². The van der Waals surface area contributed by atoms with Gasteiger partial charge in [-0.2, -0.15) is 4.98 Å². The zero-order valence-electron chi connectivity index (χ0n) is 10.2. The molecule has 2 rings (SSSR count). The Morgan fingerprint density at radius 1 is 1.47 bits per heavy atom. The summed E-state index contributed by atoms with van der Waals surface area (Å²) in [4.78, 5) is 12.7. The molecule has 6 heteroatoms. The number of anilines is 2. The molecule has 0 radical (unpaired) electrons. The summed E-state index contributed by atoms with van der Waals surface area (Å²) in [5.74, 6) is 1.06. The lowest BCUT2D eigenvalue weighted by Crippen LogP contribution is -2.51. The Morgan fingerprint density at radius 3 is 2.88 bits per heavy atom. The van der Waals surface area contributed by atoms with Crippen molar-refractivity contribution in [3.63, 3.8) is 0 Å². The average molecular weight is 256 g/mol. The van der Waals surface area contributed by atoms with Crippen LogP contribution < -0.4 is 10.6 Å². The number of piperazine rings is 1. The van der Waals surface area contributed by atoms with Crippen molar-refractivity contribution in [3.05, 3.63) is 11.2 Å². The van der Waals surface area contributed by atoms with Crippen molar-refractivity contribution in [2.45, 2.75) is 19.4 Å². The van der Waals surface area contributed by atoms with Gasteiger partial charge in [-0.05, 0) is 13.5 Å². The largest absolute Gasteiger partial charge is 0.368 e. The number of nitrogens with zero attached hydrogens (tertiary/aromatic N) is 4. The highest BCUT2D eigenvalue weighted by molar-refractivity contribution is 6.29. The van der Waals surface area contributed by atoms with Crippen LogP contribution in [0.1, 0.15) is 13.3 Å². The summed E-state index contributed by atoms with van der Waals surface area (Å²) in [6.07, 6.45) is 1.13. The molecule has 0 aromatic carbocycles. The predicted octanol–water partition coefficient (Wildman–Crippen LogP) is 1.24. The normalized spacial score (nSPS) is 21.8. The minimum atomic E-state index is 0.236. The summed E-state index contributed by atoms with van der Waals surface area (Å²) in [6.45, 7) is 5.13. The first kappa shape index (κ1) is 12.4. The molecule has 1 aromatic rings. The van der Waals surface area contributed by atoms with Gasteiger partial charge in [0.15, 0.2) is 0 Å². The number of rotatable bonds is 2. The molecule has 1 aliphatic heterocycles. The lowest BCUT2D eigenvalue weighted by Gasteiger charge is -2.39. The molecular formula is C11H18ClN5. The molecule has 0 bridgehead atoms. The molecule has 1 aliphatic rings. The van der Waals surface area contributed by atoms with Crippen molar-refractivity contribution in [1.82, 2.24) is 14.9 Å². The summed E-state index contributed by atoms with van der Waals surface area (Å²) < 4.78 is 0. The number of hydrogen-bond donors (Lipinski definition) is 1. The molecule has 0 saturated carbocycles. The van der Waals surface area contributed by atoms with Crippen molar-refractivity contribution in [3.8, 4) is 0 Å². The first-order chi connectivity index (χ1) is 8.10. The maximum atomic E-state index is 5.90. The maximum Gasteiger partial charge on any atom is 0.223 e. The number of likely N-dealkylation sites (N-methyl/N-ethyl adjacent to an activating group) is 1. The van der Waals surface area contributed by atoms with E-state index in [0.717, 1.165) is 31.9 Å². The third kappa shape index (κ3) is 2.79. The van der Waals surface area contributed by atoms with Crippen LogP contribution in [0.3, 0.4) is 0 Å². The molecule has 1 aromatic heterocycles. The first-order valence-electron chi connectivity index (χ1n) is 5.85. The number of aromatic nitrogens is 2. The van der Waals surface area contributed by atoms with Crippen LogP contribution in [0.4, 0.5) is 11.8 Å². The highest BCUT2D eigenvalue weighted by atomic mass is 35.5. The average Bonchev–Trinajstić information content (AvgIpc) is 2.28. The molecule has 1 saturated heterocycles. The third-order valence-electron chi connectivity index (χ3n) is 3.27. The molecule has 17 heavy (non-hydrogen) atoms. The van der Waals surface area contributed by atoms with Crippen molar-refractivity contribution < 1.29 is 0 Å². The van der Waals surface area contributed by atoms with Crippen LogP contribution in [-0.4, -0.2) is 47.6 Å². The predicted molar refractivity (Wildman–Crippen MR) is 70.4 cm³/mol. The summed E-state index contributed by atoms with van der Waals surface area (Å²) >= 11 is 5.90. The lowest BCUT2D eigenvalue weighted by atomic mass is 10.1. The van der Waals surface area contributed by atoms with Gasteiger partial charge in [-0.1, -0.05) is 18.5 Å². The fraction of sp³-hybridized carbons (Fsp3) is 0.636. The Kier molecular flexibility index (Phi) is 3.69. The van der Waals surface area contributed by atoms with Gasteiger partial charge in [-0.3, -0.25) is 4.90 Å². The van der Waals surface area contributed by atoms with Crippen LogP contribution >= 0.6 is 11.6 Å². The van der Waals surface area contributed by atoms with Gasteiger partial charge in [0, 0.05) is 31.7 Å². The molecule has 1 unspecified atom stereocenters. The molecule has 1 atom stereocenters. The second kappa shape index (κ2) is 5.06. The molecule has 1 fully saturated rings. The number of halogens is 1. The number of nitrogen functional groups attached to an aromatic ring is 1. The Bertz CT molecular complexity index is 377. The van der Waals surface area contributed by atoms with Crippen LogP contribution in [0.5, 0.6) is 0 Å².